The third kappa shape index (κ3) is 4.55. The van der Waals surface area contributed by atoms with Gasteiger partial charge in [0.2, 0.25) is 0 Å². The van der Waals surface area contributed by atoms with Gasteiger partial charge in [-0.1, -0.05) is 12.1 Å². The van der Waals surface area contributed by atoms with Crippen molar-refractivity contribution in [3.05, 3.63) is 46.6 Å². The Balaban J connectivity index is 1.39. The van der Waals surface area contributed by atoms with E-state index in [4.69, 9.17) is 5.73 Å². The molecule has 0 unspecified atom stereocenters. The summed E-state index contributed by atoms with van der Waals surface area (Å²) in [7, 11) is 2.17. The molecular weight excluding hydrogens is 396 g/mol. The fourth-order valence-corrected chi connectivity index (χ4v) is 4.65. The number of nitrogens with two attached hydrogens (primary N) is 1. The van der Waals surface area contributed by atoms with E-state index in [-0.39, 0.29) is 5.91 Å². The molecule has 1 saturated heterocycles. The summed E-state index contributed by atoms with van der Waals surface area (Å²) in [5, 5.41) is 8.47. The number of carbonyl (C=O) groups is 1. The van der Waals surface area contributed by atoms with E-state index in [0.717, 1.165) is 47.4 Å². The Morgan fingerprint density at radius 1 is 1.30 bits per heavy atom. The predicted molar refractivity (Wildman–Crippen MR) is 123 cm³/mol. The number of carbonyl (C=O) groups excluding carboxylic acids is 1. The average Bonchev–Trinajstić information content (AvgIpc) is 3.12. The third-order valence-corrected chi connectivity index (χ3v) is 6.72. The summed E-state index contributed by atoms with van der Waals surface area (Å²) in [5.41, 5.74) is 8.68. The van der Waals surface area contributed by atoms with Gasteiger partial charge >= 0.3 is 0 Å². The van der Waals surface area contributed by atoms with Crippen molar-refractivity contribution in [2.45, 2.75) is 26.3 Å². The van der Waals surface area contributed by atoms with Gasteiger partial charge in [0, 0.05) is 24.7 Å². The minimum absolute atomic E-state index is 0.0965. The van der Waals surface area contributed by atoms with Crippen LogP contribution in [0.3, 0.4) is 0 Å². The highest BCUT2D eigenvalue weighted by molar-refractivity contribution is 7.08. The maximum absolute atomic E-state index is 12.8. The zero-order valence-electron chi connectivity index (χ0n) is 17.4. The lowest BCUT2D eigenvalue weighted by molar-refractivity contribution is 0.0955. The van der Waals surface area contributed by atoms with E-state index < -0.39 is 0 Å². The molecule has 1 amide bonds. The van der Waals surface area contributed by atoms with E-state index in [2.05, 4.69) is 31.9 Å². The van der Waals surface area contributed by atoms with Crippen LogP contribution < -0.4 is 16.4 Å². The first kappa shape index (κ1) is 20.6. The van der Waals surface area contributed by atoms with E-state index in [1.54, 1.807) is 6.20 Å². The molecule has 0 bridgehead atoms. The lowest BCUT2D eigenvalue weighted by Gasteiger charge is -2.29. The number of fused-ring (bicyclic) bond motifs is 1. The monoisotopic (exact) mass is 424 g/mol. The number of pyridine rings is 1. The molecule has 0 radical (unpaired) electrons. The third-order valence-electron chi connectivity index (χ3n) is 5.79. The molecule has 1 aliphatic heterocycles. The minimum atomic E-state index is -0.0965. The highest BCUT2D eigenvalue weighted by Crippen LogP contribution is 2.26. The molecule has 2 aromatic heterocycles. The second-order valence-electron chi connectivity index (χ2n) is 8.03. The second kappa shape index (κ2) is 8.97. The van der Waals surface area contributed by atoms with Crippen LogP contribution in [0.1, 0.15) is 33.8 Å². The molecule has 3 aromatic rings. The van der Waals surface area contributed by atoms with Gasteiger partial charge in [0.25, 0.3) is 5.91 Å². The van der Waals surface area contributed by atoms with Gasteiger partial charge in [0.1, 0.15) is 10.7 Å². The quantitative estimate of drug-likeness (QED) is 0.562. The van der Waals surface area contributed by atoms with Crippen LogP contribution in [0.4, 0.5) is 11.5 Å². The summed E-state index contributed by atoms with van der Waals surface area (Å²) < 4.78 is 4.41. The molecule has 30 heavy (non-hydrogen) atoms. The Kier molecular flexibility index (Phi) is 6.15. The van der Waals surface area contributed by atoms with Crippen LogP contribution in [0.2, 0.25) is 0 Å². The highest BCUT2D eigenvalue weighted by atomic mass is 32.1. The van der Waals surface area contributed by atoms with Gasteiger partial charge in [-0.05, 0) is 80.4 Å². The highest BCUT2D eigenvalue weighted by Gasteiger charge is 2.21. The lowest BCUT2D eigenvalue weighted by Crippen LogP contribution is -2.33. The second-order valence-corrected chi connectivity index (χ2v) is 8.81. The van der Waals surface area contributed by atoms with Crippen LogP contribution in [0, 0.1) is 12.8 Å². The van der Waals surface area contributed by atoms with Crippen molar-refractivity contribution >= 4 is 39.7 Å². The number of nitrogen functional groups attached to an aromatic ring is 1. The molecule has 0 saturated carbocycles. The molecule has 1 aliphatic rings. The number of benzene rings is 1. The van der Waals surface area contributed by atoms with Gasteiger partial charge in [0.15, 0.2) is 0 Å². The summed E-state index contributed by atoms with van der Waals surface area (Å²) in [4.78, 5) is 20.0. The molecule has 7 nitrogen and oxygen atoms in total. The maximum atomic E-state index is 12.8. The van der Waals surface area contributed by atoms with Crippen molar-refractivity contribution in [3.8, 4) is 0 Å². The number of aryl methyl sites for hydroxylation is 1. The fourth-order valence-electron chi connectivity index (χ4n) is 3.87. The molecule has 0 spiro atoms. The van der Waals surface area contributed by atoms with Crippen molar-refractivity contribution in [3.63, 3.8) is 0 Å². The zero-order chi connectivity index (χ0) is 21.1. The number of nitrogens with zero attached hydrogens (tertiary/aromatic N) is 3. The van der Waals surface area contributed by atoms with E-state index >= 15 is 0 Å². The zero-order valence-corrected chi connectivity index (χ0v) is 18.3. The largest absolute Gasteiger partial charge is 0.383 e. The van der Waals surface area contributed by atoms with Gasteiger partial charge in [0.05, 0.1) is 11.4 Å². The van der Waals surface area contributed by atoms with E-state index in [1.165, 1.54) is 24.4 Å². The Morgan fingerprint density at radius 2 is 2.10 bits per heavy atom. The number of hydrogen-bond acceptors (Lipinski definition) is 7. The number of hydrogen-bond donors (Lipinski definition) is 3. The molecule has 0 aliphatic carbocycles. The Hall–Kier alpha value is -2.71. The number of piperidine rings is 1. The fraction of sp³-hybridized carbons (Fsp3) is 0.409. The van der Waals surface area contributed by atoms with Crippen LogP contribution in [-0.2, 0) is 6.54 Å². The summed E-state index contributed by atoms with van der Waals surface area (Å²) in [6.45, 7) is 5.55. The normalized spacial score (nSPS) is 15.4. The van der Waals surface area contributed by atoms with Crippen molar-refractivity contribution in [1.82, 2.24) is 19.6 Å². The summed E-state index contributed by atoms with van der Waals surface area (Å²) in [6, 6.07) is 7.88. The summed E-state index contributed by atoms with van der Waals surface area (Å²) in [5.74, 6) is 1.06. The molecule has 158 valence electrons. The van der Waals surface area contributed by atoms with Crippen LogP contribution in [0.25, 0.3) is 10.8 Å². The van der Waals surface area contributed by atoms with Gasteiger partial charge in [-0.2, -0.15) is 4.37 Å². The Morgan fingerprint density at radius 3 is 2.90 bits per heavy atom. The number of likely N-dealkylation sites (tertiary alicyclic amines) is 1. The SMILES string of the molecule is Cc1nsc(C(=O)NCc2ccc3c(N)nccc3c2)c1NCC1CCN(C)CC1. The lowest BCUT2D eigenvalue weighted by atomic mass is 9.97. The van der Waals surface area contributed by atoms with Crippen molar-refractivity contribution in [2.75, 3.05) is 37.7 Å². The van der Waals surface area contributed by atoms with Gasteiger partial charge in [-0.25, -0.2) is 4.98 Å². The van der Waals surface area contributed by atoms with Crippen molar-refractivity contribution in [2.24, 2.45) is 5.92 Å². The molecule has 4 N–H and O–H groups in total. The maximum Gasteiger partial charge on any atom is 0.265 e. The Bertz CT molecular complexity index is 1040. The van der Waals surface area contributed by atoms with Gasteiger partial charge in [-0.3, -0.25) is 4.79 Å². The molecule has 0 atom stereocenters. The smallest absolute Gasteiger partial charge is 0.265 e. The standard InChI is InChI=1S/C22H28N6OS/c1-14-19(25-12-15-6-9-28(2)10-7-15)20(30-27-14)22(29)26-13-16-3-4-18-17(11-16)5-8-24-21(18)23/h3-5,8,11,15,25H,6-7,9-10,12-13H2,1-2H3,(H2,23,24)(H,26,29). The van der Waals surface area contributed by atoms with Crippen LogP contribution in [0.15, 0.2) is 30.5 Å². The minimum Gasteiger partial charge on any atom is -0.383 e. The topological polar surface area (TPSA) is 96.2 Å². The molecule has 1 aromatic carbocycles. The van der Waals surface area contributed by atoms with Crippen molar-refractivity contribution < 1.29 is 4.79 Å². The number of aromatic nitrogens is 2. The predicted octanol–water partition coefficient (Wildman–Crippen LogP) is 3.27. The van der Waals surface area contributed by atoms with E-state index in [9.17, 15) is 4.79 Å². The first-order valence-corrected chi connectivity index (χ1v) is 11.1. The first-order valence-electron chi connectivity index (χ1n) is 10.3. The molecule has 8 heteroatoms. The van der Waals surface area contributed by atoms with E-state index in [0.29, 0.717) is 23.2 Å². The van der Waals surface area contributed by atoms with Crippen LogP contribution in [0.5, 0.6) is 0 Å². The molecular formula is C22H28N6OS. The molecule has 4 rings (SSSR count). The van der Waals surface area contributed by atoms with E-state index in [1.807, 2.05) is 31.2 Å². The average molecular weight is 425 g/mol. The summed E-state index contributed by atoms with van der Waals surface area (Å²) in [6.07, 6.45) is 4.07. The number of anilines is 2. The van der Waals surface area contributed by atoms with Crippen molar-refractivity contribution in [1.29, 1.82) is 0 Å². The molecule has 3 heterocycles. The number of nitrogens with one attached hydrogen (secondary N) is 2. The van der Waals surface area contributed by atoms with Gasteiger partial charge in [-0.15, -0.1) is 0 Å². The first-order chi connectivity index (χ1) is 14.5. The van der Waals surface area contributed by atoms with Crippen LogP contribution >= 0.6 is 11.5 Å². The summed E-state index contributed by atoms with van der Waals surface area (Å²) >= 11 is 1.25. The Labute approximate surface area is 180 Å². The number of amides is 1. The van der Waals surface area contributed by atoms with Gasteiger partial charge < -0.3 is 21.3 Å². The molecule has 1 fully saturated rings. The number of rotatable bonds is 6. The van der Waals surface area contributed by atoms with Crippen LogP contribution in [-0.4, -0.2) is 46.8 Å².